The van der Waals surface area contributed by atoms with Crippen molar-refractivity contribution in [1.82, 2.24) is 20.9 Å². The van der Waals surface area contributed by atoms with E-state index in [-0.39, 0.29) is 43.1 Å². The van der Waals surface area contributed by atoms with Crippen LogP contribution in [0.4, 0.5) is 0 Å². The van der Waals surface area contributed by atoms with E-state index < -0.39 is 23.6 Å². The van der Waals surface area contributed by atoms with Gasteiger partial charge >= 0.3 is 0 Å². The van der Waals surface area contributed by atoms with E-state index in [1.807, 2.05) is 63.2 Å². The van der Waals surface area contributed by atoms with Gasteiger partial charge in [-0.15, -0.1) is 12.4 Å². The molecule has 1 saturated heterocycles. The van der Waals surface area contributed by atoms with Crippen molar-refractivity contribution < 1.29 is 24.2 Å². The first kappa shape index (κ1) is 32.5. The van der Waals surface area contributed by atoms with Crippen LogP contribution in [0.3, 0.4) is 0 Å². The SMILES string of the molecule is COCCNCC(O)CNC(=O)[C@@H](Cc1ccc2ccccc2c1)NC(=O)C1CCCN1C(=O)C(C)(C)C.Cl. The summed E-state index contributed by atoms with van der Waals surface area (Å²) in [5, 5.41) is 21.2. The fourth-order valence-electron chi connectivity index (χ4n) is 4.65. The van der Waals surface area contributed by atoms with E-state index in [1.54, 1.807) is 12.0 Å². The molecule has 0 aromatic heterocycles. The highest BCUT2D eigenvalue weighted by molar-refractivity contribution is 5.93. The molecule has 1 aliphatic heterocycles. The predicted octanol–water partition coefficient (Wildman–Crippen LogP) is 2.04. The molecule has 216 valence electrons. The Labute approximate surface area is 237 Å². The number of hydrogen-bond donors (Lipinski definition) is 4. The highest BCUT2D eigenvalue weighted by atomic mass is 35.5. The van der Waals surface area contributed by atoms with Gasteiger partial charge in [0.2, 0.25) is 17.7 Å². The minimum Gasteiger partial charge on any atom is -0.390 e. The van der Waals surface area contributed by atoms with Gasteiger partial charge in [-0.3, -0.25) is 14.4 Å². The lowest BCUT2D eigenvalue weighted by molar-refractivity contribution is -0.145. The molecule has 39 heavy (non-hydrogen) atoms. The average Bonchev–Trinajstić information content (AvgIpc) is 3.38. The van der Waals surface area contributed by atoms with Crippen LogP contribution in [0.15, 0.2) is 42.5 Å². The zero-order valence-electron chi connectivity index (χ0n) is 23.4. The maximum Gasteiger partial charge on any atom is 0.243 e. The van der Waals surface area contributed by atoms with Crippen molar-refractivity contribution in [3.8, 4) is 0 Å². The Morgan fingerprint density at radius 3 is 2.51 bits per heavy atom. The Balaban J connectivity index is 0.00000533. The summed E-state index contributed by atoms with van der Waals surface area (Å²) in [6, 6.07) is 12.5. The zero-order valence-corrected chi connectivity index (χ0v) is 24.2. The number of carbonyl (C=O) groups excluding carboxylic acids is 3. The maximum absolute atomic E-state index is 13.4. The van der Waals surface area contributed by atoms with Gasteiger partial charge in [0.05, 0.1) is 12.7 Å². The number of nitrogens with one attached hydrogen (secondary N) is 3. The van der Waals surface area contributed by atoms with Gasteiger partial charge in [0.1, 0.15) is 12.1 Å². The summed E-state index contributed by atoms with van der Waals surface area (Å²) in [5.41, 5.74) is 0.304. The van der Waals surface area contributed by atoms with Gasteiger partial charge in [0.25, 0.3) is 0 Å². The first-order valence-corrected chi connectivity index (χ1v) is 13.3. The van der Waals surface area contributed by atoms with Crippen LogP contribution in [-0.2, 0) is 25.5 Å². The van der Waals surface area contributed by atoms with Crippen LogP contribution in [0.1, 0.15) is 39.2 Å². The maximum atomic E-state index is 13.4. The van der Waals surface area contributed by atoms with Gasteiger partial charge in [0, 0.05) is 45.1 Å². The molecule has 2 unspecified atom stereocenters. The summed E-state index contributed by atoms with van der Waals surface area (Å²) >= 11 is 0. The molecule has 3 rings (SSSR count). The highest BCUT2D eigenvalue weighted by Gasteiger charge is 2.39. The normalized spacial score (nSPS) is 16.8. The second-order valence-electron chi connectivity index (χ2n) is 10.9. The third kappa shape index (κ3) is 9.46. The molecular formula is C29H43ClN4O5. The van der Waals surface area contributed by atoms with Crippen molar-refractivity contribution in [1.29, 1.82) is 0 Å². The van der Waals surface area contributed by atoms with Gasteiger partial charge in [-0.05, 0) is 29.2 Å². The number of nitrogens with zero attached hydrogens (tertiary/aromatic N) is 1. The molecule has 1 heterocycles. The topological polar surface area (TPSA) is 120 Å². The van der Waals surface area contributed by atoms with Crippen molar-refractivity contribution in [2.45, 2.75) is 58.2 Å². The lowest BCUT2D eigenvalue weighted by atomic mass is 9.94. The molecule has 2 aromatic carbocycles. The van der Waals surface area contributed by atoms with Crippen molar-refractivity contribution in [3.05, 3.63) is 48.0 Å². The average molecular weight is 563 g/mol. The third-order valence-electron chi connectivity index (χ3n) is 6.72. The van der Waals surface area contributed by atoms with Crippen LogP contribution in [0.25, 0.3) is 10.8 Å². The Morgan fingerprint density at radius 2 is 1.82 bits per heavy atom. The molecule has 10 heteroatoms. The van der Waals surface area contributed by atoms with E-state index in [0.29, 0.717) is 32.7 Å². The largest absolute Gasteiger partial charge is 0.390 e. The van der Waals surface area contributed by atoms with Crippen molar-refractivity contribution in [2.75, 3.05) is 39.9 Å². The van der Waals surface area contributed by atoms with Crippen molar-refractivity contribution in [2.24, 2.45) is 5.41 Å². The molecule has 9 nitrogen and oxygen atoms in total. The molecule has 1 aliphatic rings. The molecule has 1 fully saturated rings. The molecule has 0 radical (unpaired) electrons. The summed E-state index contributed by atoms with van der Waals surface area (Å²) < 4.78 is 4.98. The fraction of sp³-hybridized carbons (Fsp3) is 0.552. The summed E-state index contributed by atoms with van der Waals surface area (Å²) in [4.78, 5) is 41.2. The van der Waals surface area contributed by atoms with E-state index in [2.05, 4.69) is 16.0 Å². The van der Waals surface area contributed by atoms with E-state index in [9.17, 15) is 19.5 Å². The standard InChI is InChI=1S/C29H42N4O5.ClH/c1-29(2,3)28(37)33-14-7-10-25(33)27(36)32-24(26(35)31-19-23(34)18-30-13-15-38-4)17-20-11-12-21-8-5-6-9-22(21)16-20;/h5-6,8-9,11-12,16,23-25,30,34H,7,10,13-15,17-19H2,1-4H3,(H,31,35)(H,32,36);1H/t23?,24-,25?;/m1./s1. The summed E-state index contributed by atoms with van der Waals surface area (Å²) in [7, 11) is 1.60. The molecule has 2 aromatic rings. The van der Waals surface area contributed by atoms with Crippen LogP contribution in [-0.4, -0.2) is 85.8 Å². The minimum absolute atomic E-state index is 0. The van der Waals surface area contributed by atoms with Gasteiger partial charge in [-0.1, -0.05) is 63.2 Å². The smallest absolute Gasteiger partial charge is 0.243 e. The number of hydrogen-bond acceptors (Lipinski definition) is 6. The number of aliphatic hydroxyl groups excluding tert-OH is 1. The Hall–Kier alpha value is -2.72. The minimum atomic E-state index is -0.857. The number of methoxy groups -OCH3 is 1. The summed E-state index contributed by atoms with van der Waals surface area (Å²) in [6.45, 7) is 7.51. The number of fused-ring (bicyclic) bond motifs is 1. The van der Waals surface area contributed by atoms with Crippen LogP contribution < -0.4 is 16.0 Å². The van der Waals surface area contributed by atoms with Crippen LogP contribution in [0.5, 0.6) is 0 Å². The second kappa shape index (κ2) is 15.2. The van der Waals surface area contributed by atoms with Crippen LogP contribution >= 0.6 is 12.4 Å². The second-order valence-corrected chi connectivity index (χ2v) is 10.9. The fourth-order valence-corrected chi connectivity index (χ4v) is 4.65. The monoisotopic (exact) mass is 562 g/mol. The highest BCUT2D eigenvalue weighted by Crippen LogP contribution is 2.26. The molecular weight excluding hydrogens is 520 g/mol. The third-order valence-corrected chi connectivity index (χ3v) is 6.72. The number of halogens is 1. The van der Waals surface area contributed by atoms with Gasteiger partial charge in [-0.25, -0.2) is 0 Å². The summed E-state index contributed by atoms with van der Waals surface area (Å²) in [6.07, 6.45) is 0.792. The molecule has 4 N–H and O–H groups in total. The number of likely N-dealkylation sites (tertiary alicyclic amines) is 1. The quantitative estimate of drug-likeness (QED) is 0.294. The van der Waals surface area contributed by atoms with E-state index in [4.69, 9.17) is 4.74 Å². The number of rotatable bonds is 12. The number of carbonyl (C=O) groups is 3. The predicted molar refractivity (Wildman–Crippen MR) is 155 cm³/mol. The molecule has 3 atom stereocenters. The Bertz CT molecular complexity index is 1110. The lowest BCUT2D eigenvalue weighted by Gasteiger charge is -2.31. The number of amides is 3. The first-order valence-electron chi connectivity index (χ1n) is 13.3. The number of benzene rings is 2. The van der Waals surface area contributed by atoms with E-state index in [1.165, 1.54) is 0 Å². The first-order chi connectivity index (χ1) is 18.1. The molecule has 0 spiro atoms. The Morgan fingerprint density at radius 1 is 1.10 bits per heavy atom. The van der Waals surface area contributed by atoms with Crippen LogP contribution in [0, 0.1) is 5.41 Å². The van der Waals surface area contributed by atoms with Crippen molar-refractivity contribution in [3.63, 3.8) is 0 Å². The van der Waals surface area contributed by atoms with Gasteiger partial charge in [0.15, 0.2) is 0 Å². The number of aliphatic hydroxyl groups is 1. The Kier molecular flexibility index (Phi) is 12.6. The van der Waals surface area contributed by atoms with Crippen LogP contribution in [0.2, 0.25) is 0 Å². The molecule has 0 bridgehead atoms. The van der Waals surface area contributed by atoms with Gasteiger partial charge in [-0.2, -0.15) is 0 Å². The number of ether oxygens (including phenoxy) is 1. The lowest BCUT2D eigenvalue weighted by Crippen LogP contribution is -2.55. The molecule has 0 aliphatic carbocycles. The summed E-state index contributed by atoms with van der Waals surface area (Å²) in [5.74, 6) is -0.785. The van der Waals surface area contributed by atoms with E-state index in [0.717, 1.165) is 22.8 Å². The van der Waals surface area contributed by atoms with E-state index >= 15 is 0 Å². The van der Waals surface area contributed by atoms with Gasteiger partial charge < -0.3 is 30.7 Å². The van der Waals surface area contributed by atoms with Crippen molar-refractivity contribution >= 4 is 40.9 Å². The molecule has 3 amide bonds. The zero-order chi connectivity index (χ0) is 27.7. The molecule has 0 saturated carbocycles.